The van der Waals surface area contributed by atoms with Crippen molar-refractivity contribution in [3.8, 4) is 6.07 Å². The van der Waals surface area contributed by atoms with Gasteiger partial charge in [-0.25, -0.2) is 0 Å². The molecule has 20 heavy (non-hydrogen) atoms. The van der Waals surface area contributed by atoms with E-state index >= 15 is 0 Å². The average Bonchev–Trinajstić information content (AvgIpc) is 2.49. The second kappa shape index (κ2) is 7.96. The minimum absolute atomic E-state index is 0.596. The lowest BCUT2D eigenvalue weighted by molar-refractivity contribution is 0.732. The van der Waals surface area contributed by atoms with E-state index < -0.39 is 0 Å². The molecule has 0 spiro atoms. The Morgan fingerprint density at radius 1 is 1.15 bits per heavy atom. The van der Waals surface area contributed by atoms with E-state index in [0.29, 0.717) is 10.6 Å². The van der Waals surface area contributed by atoms with E-state index in [1.807, 2.05) is 36.0 Å². The van der Waals surface area contributed by atoms with Crippen molar-refractivity contribution in [2.24, 2.45) is 0 Å². The van der Waals surface area contributed by atoms with Crippen LogP contribution in [0.1, 0.15) is 11.1 Å². The van der Waals surface area contributed by atoms with Crippen molar-refractivity contribution < 1.29 is 0 Å². The molecule has 0 saturated carbocycles. The summed E-state index contributed by atoms with van der Waals surface area (Å²) in [7, 11) is 0. The number of thioether (sulfide) groups is 1. The number of nitrogens with zero attached hydrogens (tertiary/aromatic N) is 1. The standard InChI is InChI=1S/C16H15ClN2S/c17-16-10-13(11-18)6-7-14(16)12-19-8-9-20-15-4-2-1-3-5-15/h1-7,10,19H,8-9,12H2. The zero-order chi connectivity index (χ0) is 14.2. The quantitative estimate of drug-likeness (QED) is 0.645. The summed E-state index contributed by atoms with van der Waals surface area (Å²) in [4.78, 5) is 1.28. The lowest BCUT2D eigenvalue weighted by Crippen LogP contribution is -2.16. The molecule has 0 fully saturated rings. The van der Waals surface area contributed by atoms with Gasteiger partial charge < -0.3 is 5.32 Å². The van der Waals surface area contributed by atoms with E-state index in [1.54, 1.807) is 12.1 Å². The van der Waals surface area contributed by atoms with Crippen LogP contribution in [-0.4, -0.2) is 12.3 Å². The van der Waals surface area contributed by atoms with Crippen LogP contribution < -0.4 is 5.32 Å². The number of benzene rings is 2. The van der Waals surface area contributed by atoms with Gasteiger partial charge in [0.2, 0.25) is 0 Å². The van der Waals surface area contributed by atoms with E-state index in [0.717, 1.165) is 24.4 Å². The Kier molecular flexibility index (Phi) is 5.94. The molecule has 0 aliphatic heterocycles. The van der Waals surface area contributed by atoms with Gasteiger partial charge in [0, 0.05) is 28.8 Å². The molecule has 0 bridgehead atoms. The van der Waals surface area contributed by atoms with Gasteiger partial charge in [-0.3, -0.25) is 0 Å². The third kappa shape index (κ3) is 4.57. The molecule has 0 aromatic heterocycles. The molecule has 4 heteroatoms. The van der Waals surface area contributed by atoms with Crippen molar-refractivity contribution in [3.63, 3.8) is 0 Å². The first-order chi connectivity index (χ1) is 9.79. The number of halogens is 1. The largest absolute Gasteiger partial charge is 0.312 e. The number of nitrogens with one attached hydrogen (secondary N) is 1. The molecule has 0 radical (unpaired) electrons. The third-order valence-electron chi connectivity index (χ3n) is 2.79. The summed E-state index contributed by atoms with van der Waals surface area (Å²) in [6, 6.07) is 17.8. The molecule has 0 unspecified atom stereocenters. The van der Waals surface area contributed by atoms with Crippen LogP contribution in [0.5, 0.6) is 0 Å². The fourth-order valence-corrected chi connectivity index (χ4v) is 2.82. The Bertz CT molecular complexity index is 593. The summed E-state index contributed by atoms with van der Waals surface area (Å²) < 4.78 is 0. The molecule has 0 aliphatic rings. The van der Waals surface area contributed by atoms with Crippen LogP contribution in [0.2, 0.25) is 5.02 Å². The predicted octanol–water partition coefficient (Wildman–Crippen LogP) is 4.09. The first-order valence-electron chi connectivity index (χ1n) is 6.36. The van der Waals surface area contributed by atoms with E-state index in [-0.39, 0.29) is 0 Å². The highest BCUT2D eigenvalue weighted by atomic mass is 35.5. The van der Waals surface area contributed by atoms with Crippen LogP contribution in [0, 0.1) is 11.3 Å². The van der Waals surface area contributed by atoms with Crippen molar-refractivity contribution in [1.82, 2.24) is 5.32 Å². The molecule has 2 aromatic rings. The second-order valence-electron chi connectivity index (χ2n) is 4.26. The summed E-state index contributed by atoms with van der Waals surface area (Å²) in [5.41, 5.74) is 1.62. The molecule has 2 aromatic carbocycles. The summed E-state index contributed by atoms with van der Waals surface area (Å²) in [5, 5.41) is 12.8. The van der Waals surface area contributed by atoms with Crippen LogP contribution in [0.25, 0.3) is 0 Å². The number of nitriles is 1. The zero-order valence-corrected chi connectivity index (χ0v) is 12.5. The molecule has 1 N–H and O–H groups in total. The maximum Gasteiger partial charge on any atom is 0.0992 e. The van der Waals surface area contributed by atoms with Crippen molar-refractivity contribution in [3.05, 3.63) is 64.7 Å². The molecule has 0 atom stereocenters. The first kappa shape index (κ1) is 14.9. The van der Waals surface area contributed by atoms with Gasteiger partial charge in [-0.15, -0.1) is 11.8 Å². The Hall–Kier alpha value is -1.47. The van der Waals surface area contributed by atoms with Crippen molar-refractivity contribution in [2.45, 2.75) is 11.4 Å². The molecule has 0 saturated heterocycles. The van der Waals surface area contributed by atoms with Crippen LogP contribution in [-0.2, 0) is 6.54 Å². The summed E-state index contributed by atoms with van der Waals surface area (Å²) in [6.45, 7) is 1.63. The Morgan fingerprint density at radius 3 is 2.65 bits per heavy atom. The maximum absolute atomic E-state index is 8.78. The van der Waals surface area contributed by atoms with Crippen molar-refractivity contribution in [1.29, 1.82) is 5.26 Å². The summed E-state index contributed by atoms with van der Waals surface area (Å²) >= 11 is 7.95. The fourth-order valence-electron chi connectivity index (χ4n) is 1.74. The van der Waals surface area contributed by atoms with Crippen molar-refractivity contribution >= 4 is 23.4 Å². The van der Waals surface area contributed by atoms with Crippen LogP contribution in [0.15, 0.2) is 53.4 Å². The Balaban J connectivity index is 1.72. The van der Waals surface area contributed by atoms with E-state index in [9.17, 15) is 0 Å². The zero-order valence-electron chi connectivity index (χ0n) is 11.0. The topological polar surface area (TPSA) is 35.8 Å². The Morgan fingerprint density at radius 2 is 1.95 bits per heavy atom. The van der Waals surface area contributed by atoms with E-state index in [1.165, 1.54) is 4.90 Å². The van der Waals surface area contributed by atoms with Gasteiger partial charge in [0.25, 0.3) is 0 Å². The van der Waals surface area contributed by atoms with Gasteiger partial charge in [-0.1, -0.05) is 35.9 Å². The first-order valence-corrected chi connectivity index (χ1v) is 7.73. The fraction of sp³-hybridized carbons (Fsp3) is 0.188. The molecule has 0 amide bonds. The molecule has 2 rings (SSSR count). The van der Waals surface area contributed by atoms with Crippen LogP contribution >= 0.6 is 23.4 Å². The maximum atomic E-state index is 8.78. The molecule has 102 valence electrons. The predicted molar refractivity (Wildman–Crippen MR) is 85.0 cm³/mol. The molecule has 0 heterocycles. The lowest BCUT2D eigenvalue weighted by atomic mass is 10.1. The molecular weight excluding hydrogens is 288 g/mol. The summed E-state index contributed by atoms with van der Waals surface area (Å²) in [5.74, 6) is 1.01. The van der Waals surface area contributed by atoms with Crippen LogP contribution in [0.4, 0.5) is 0 Å². The number of rotatable bonds is 6. The summed E-state index contributed by atoms with van der Waals surface area (Å²) in [6.07, 6.45) is 0. The normalized spacial score (nSPS) is 10.2. The monoisotopic (exact) mass is 302 g/mol. The minimum atomic E-state index is 0.596. The third-order valence-corrected chi connectivity index (χ3v) is 4.15. The lowest BCUT2D eigenvalue weighted by Gasteiger charge is -2.07. The minimum Gasteiger partial charge on any atom is -0.312 e. The highest BCUT2D eigenvalue weighted by molar-refractivity contribution is 7.99. The van der Waals surface area contributed by atoms with Gasteiger partial charge >= 0.3 is 0 Å². The van der Waals surface area contributed by atoms with Gasteiger partial charge in [0.1, 0.15) is 0 Å². The van der Waals surface area contributed by atoms with Gasteiger partial charge in [0.15, 0.2) is 0 Å². The second-order valence-corrected chi connectivity index (χ2v) is 5.83. The van der Waals surface area contributed by atoms with Crippen LogP contribution in [0.3, 0.4) is 0 Å². The molecule has 2 nitrogen and oxygen atoms in total. The highest BCUT2D eigenvalue weighted by Gasteiger charge is 2.01. The molecule has 0 aliphatic carbocycles. The van der Waals surface area contributed by atoms with Gasteiger partial charge in [0.05, 0.1) is 11.6 Å². The molecular formula is C16H15ClN2S. The number of hydrogen-bond acceptors (Lipinski definition) is 3. The number of hydrogen-bond donors (Lipinski definition) is 1. The smallest absolute Gasteiger partial charge is 0.0992 e. The Labute approximate surface area is 128 Å². The van der Waals surface area contributed by atoms with Gasteiger partial charge in [-0.2, -0.15) is 5.26 Å². The van der Waals surface area contributed by atoms with Crippen molar-refractivity contribution in [2.75, 3.05) is 12.3 Å². The van der Waals surface area contributed by atoms with Gasteiger partial charge in [-0.05, 0) is 29.8 Å². The average molecular weight is 303 g/mol. The van der Waals surface area contributed by atoms with E-state index in [4.69, 9.17) is 16.9 Å². The highest BCUT2D eigenvalue weighted by Crippen LogP contribution is 2.18. The SMILES string of the molecule is N#Cc1ccc(CNCCSc2ccccc2)c(Cl)c1. The van der Waals surface area contributed by atoms with E-state index in [2.05, 4.69) is 23.5 Å².